The molecule has 4 heterocycles. The molecule has 4 aromatic carbocycles. The van der Waals surface area contributed by atoms with Crippen molar-refractivity contribution in [1.82, 2.24) is 39.8 Å². The van der Waals surface area contributed by atoms with Gasteiger partial charge in [-0.3, -0.25) is 9.59 Å². The van der Waals surface area contributed by atoms with Crippen LogP contribution in [0.5, 0.6) is 5.75 Å². The standard InChI is InChI=1S/C25H24FN5O.C21H19N5O2/c26-19-7-4-6-18(16-19)22-10-5-15-31-23(22)29-25(30-31)28-21-13-11-17(12-14-21)24(32)27-20-8-2-1-3-9-20;1-22-20(27)14-8-10-16(11-9-14)23-21-24-19-18(7-4-12-26(19)25-21)15-5-3-6-17(13-15)28-2/h4-7,10-16,20H,1-3,8-9H2,(H,27,32)(H,28,30);3-13H,1-2H3,(H,22,27)(H,23,25). The Labute approximate surface area is 345 Å². The molecule has 2 amide bonds. The minimum absolute atomic E-state index is 0.0333. The first-order valence-electron chi connectivity index (χ1n) is 19.7. The number of nitrogens with one attached hydrogen (secondary N) is 4. The molecule has 0 bridgehead atoms. The van der Waals surface area contributed by atoms with E-state index in [1.807, 2.05) is 85.1 Å². The molecule has 60 heavy (non-hydrogen) atoms. The summed E-state index contributed by atoms with van der Waals surface area (Å²) in [6.07, 6.45) is 9.39. The van der Waals surface area contributed by atoms with Gasteiger partial charge < -0.3 is 26.0 Å². The summed E-state index contributed by atoms with van der Waals surface area (Å²) in [4.78, 5) is 33.4. The maximum absolute atomic E-state index is 13.7. The third-order valence-corrected chi connectivity index (χ3v) is 10.2. The van der Waals surface area contributed by atoms with Crippen LogP contribution in [-0.2, 0) is 0 Å². The molecule has 1 aliphatic rings. The van der Waals surface area contributed by atoms with Gasteiger partial charge in [0.15, 0.2) is 11.3 Å². The molecule has 0 saturated heterocycles. The summed E-state index contributed by atoms with van der Waals surface area (Å²) < 4.78 is 22.4. The van der Waals surface area contributed by atoms with Crippen LogP contribution in [0.3, 0.4) is 0 Å². The lowest BCUT2D eigenvalue weighted by atomic mass is 9.95. The lowest BCUT2D eigenvalue weighted by Crippen LogP contribution is -2.36. The highest BCUT2D eigenvalue weighted by Gasteiger charge is 2.17. The zero-order valence-electron chi connectivity index (χ0n) is 33.1. The maximum Gasteiger partial charge on any atom is 0.251 e. The normalized spacial score (nSPS) is 12.7. The molecule has 1 saturated carbocycles. The van der Waals surface area contributed by atoms with Crippen LogP contribution in [0, 0.1) is 5.82 Å². The predicted octanol–water partition coefficient (Wildman–Crippen LogP) is 8.85. The molecule has 8 aromatic rings. The van der Waals surface area contributed by atoms with Crippen LogP contribution >= 0.6 is 0 Å². The molecule has 0 radical (unpaired) electrons. The van der Waals surface area contributed by atoms with Crippen LogP contribution < -0.4 is 26.0 Å². The Morgan fingerprint density at radius 2 is 1.18 bits per heavy atom. The Morgan fingerprint density at radius 1 is 0.650 bits per heavy atom. The minimum Gasteiger partial charge on any atom is -0.497 e. The van der Waals surface area contributed by atoms with E-state index >= 15 is 0 Å². The van der Waals surface area contributed by atoms with E-state index in [2.05, 4.69) is 41.4 Å². The van der Waals surface area contributed by atoms with Crippen molar-refractivity contribution in [2.75, 3.05) is 24.8 Å². The number of pyridine rings is 2. The number of amides is 2. The number of halogens is 1. The van der Waals surface area contributed by atoms with Crippen LogP contribution in [0.4, 0.5) is 27.7 Å². The van der Waals surface area contributed by atoms with E-state index in [-0.39, 0.29) is 23.7 Å². The number of ether oxygens (including phenoxy) is 1. The summed E-state index contributed by atoms with van der Waals surface area (Å²) in [5.74, 6) is 1.23. The van der Waals surface area contributed by atoms with Crippen molar-refractivity contribution >= 4 is 46.4 Å². The van der Waals surface area contributed by atoms with Crippen molar-refractivity contribution < 1.29 is 18.7 Å². The number of methoxy groups -OCH3 is 1. The Kier molecular flexibility index (Phi) is 11.7. The number of carbonyl (C=O) groups excluding carboxylic acids is 2. The Bertz CT molecular complexity index is 2760. The fourth-order valence-electron chi connectivity index (χ4n) is 7.14. The van der Waals surface area contributed by atoms with E-state index in [0.717, 1.165) is 57.9 Å². The second-order valence-corrected chi connectivity index (χ2v) is 14.3. The SMILES string of the molecule is CNC(=O)c1ccc(Nc2nc3c(-c4cccc(OC)c4)cccn3n2)cc1.O=C(NC1CCCCC1)c1ccc(Nc2nc3c(-c4cccc(F)c4)cccn3n2)cc1. The molecule has 9 rings (SSSR count). The lowest BCUT2D eigenvalue weighted by molar-refractivity contribution is 0.0926. The summed E-state index contributed by atoms with van der Waals surface area (Å²) >= 11 is 0. The number of benzene rings is 4. The fourth-order valence-corrected chi connectivity index (χ4v) is 7.14. The molecule has 13 nitrogen and oxygen atoms in total. The Balaban J connectivity index is 0.000000168. The fraction of sp³-hybridized carbons (Fsp3) is 0.174. The molecule has 0 atom stereocenters. The summed E-state index contributed by atoms with van der Waals surface area (Å²) in [7, 11) is 3.25. The number of rotatable bonds is 10. The van der Waals surface area contributed by atoms with E-state index in [1.54, 1.807) is 59.7 Å². The van der Waals surface area contributed by atoms with Gasteiger partial charge in [-0.2, -0.15) is 9.97 Å². The van der Waals surface area contributed by atoms with Crippen molar-refractivity contribution in [1.29, 1.82) is 0 Å². The number of hydrogen-bond donors (Lipinski definition) is 4. The third-order valence-electron chi connectivity index (χ3n) is 10.2. The van der Waals surface area contributed by atoms with Crippen LogP contribution in [0.2, 0.25) is 0 Å². The van der Waals surface area contributed by atoms with Crippen molar-refractivity contribution in [3.63, 3.8) is 0 Å². The lowest BCUT2D eigenvalue weighted by Gasteiger charge is -2.22. The minimum atomic E-state index is -0.296. The first kappa shape index (κ1) is 39.2. The van der Waals surface area contributed by atoms with Gasteiger partial charge in [0, 0.05) is 59.1 Å². The van der Waals surface area contributed by atoms with Crippen molar-refractivity contribution in [2.45, 2.75) is 38.1 Å². The number of aromatic nitrogens is 6. The summed E-state index contributed by atoms with van der Waals surface area (Å²) in [5.41, 5.74) is 7.66. The molecule has 0 aliphatic heterocycles. The van der Waals surface area contributed by atoms with E-state index in [1.165, 1.54) is 31.4 Å². The zero-order valence-corrected chi connectivity index (χ0v) is 33.1. The van der Waals surface area contributed by atoms with Gasteiger partial charge in [0.2, 0.25) is 11.9 Å². The molecule has 4 aromatic heterocycles. The first-order valence-corrected chi connectivity index (χ1v) is 19.7. The number of fused-ring (bicyclic) bond motifs is 2. The topological polar surface area (TPSA) is 152 Å². The van der Waals surface area contributed by atoms with Crippen LogP contribution in [0.15, 0.2) is 134 Å². The Morgan fingerprint density at radius 3 is 1.72 bits per heavy atom. The second kappa shape index (κ2) is 17.9. The van der Waals surface area contributed by atoms with Crippen LogP contribution in [0.1, 0.15) is 52.8 Å². The monoisotopic (exact) mass is 802 g/mol. The molecule has 0 unspecified atom stereocenters. The number of carbonyl (C=O) groups is 2. The van der Waals surface area contributed by atoms with Gasteiger partial charge in [0.05, 0.1) is 7.11 Å². The molecule has 14 heteroatoms. The van der Waals surface area contributed by atoms with Gasteiger partial charge >= 0.3 is 0 Å². The van der Waals surface area contributed by atoms with Gasteiger partial charge in [-0.05, 0) is 121 Å². The molecule has 302 valence electrons. The van der Waals surface area contributed by atoms with E-state index in [0.29, 0.717) is 28.7 Å². The molecular weight excluding hydrogens is 760 g/mol. The maximum atomic E-state index is 13.7. The van der Waals surface area contributed by atoms with Gasteiger partial charge in [-0.15, -0.1) is 10.2 Å². The summed E-state index contributed by atoms with van der Waals surface area (Å²) in [6.45, 7) is 0. The summed E-state index contributed by atoms with van der Waals surface area (Å²) in [6, 6.07) is 36.6. The van der Waals surface area contributed by atoms with Gasteiger partial charge in [-0.1, -0.05) is 43.5 Å². The summed E-state index contributed by atoms with van der Waals surface area (Å²) in [5, 5.41) is 21.1. The molecule has 1 fully saturated rings. The zero-order chi connectivity index (χ0) is 41.4. The smallest absolute Gasteiger partial charge is 0.251 e. The van der Waals surface area contributed by atoms with Crippen molar-refractivity contribution in [2.24, 2.45) is 0 Å². The quantitative estimate of drug-likeness (QED) is 0.106. The first-order chi connectivity index (χ1) is 29.3. The molecule has 0 spiro atoms. The highest BCUT2D eigenvalue weighted by molar-refractivity contribution is 5.95. The van der Waals surface area contributed by atoms with E-state index < -0.39 is 0 Å². The highest BCUT2D eigenvalue weighted by atomic mass is 19.1. The van der Waals surface area contributed by atoms with Crippen molar-refractivity contribution in [3.8, 4) is 28.0 Å². The van der Waals surface area contributed by atoms with E-state index in [9.17, 15) is 14.0 Å². The highest BCUT2D eigenvalue weighted by Crippen LogP contribution is 2.29. The molecule has 4 N–H and O–H groups in total. The van der Waals surface area contributed by atoms with Gasteiger partial charge in [0.25, 0.3) is 11.8 Å². The average Bonchev–Trinajstić information content (AvgIpc) is 3.90. The number of hydrogen-bond acceptors (Lipinski definition) is 9. The van der Waals surface area contributed by atoms with Gasteiger partial charge in [0.1, 0.15) is 11.6 Å². The van der Waals surface area contributed by atoms with E-state index in [4.69, 9.17) is 4.74 Å². The van der Waals surface area contributed by atoms with Crippen LogP contribution in [0.25, 0.3) is 33.5 Å². The third kappa shape index (κ3) is 9.07. The largest absolute Gasteiger partial charge is 0.497 e. The Hall–Kier alpha value is -7.61. The number of anilines is 4. The average molecular weight is 803 g/mol. The second-order valence-electron chi connectivity index (χ2n) is 14.3. The van der Waals surface area contributed by atoms with Crippen molar-refractivity contribution in [3.05, 3.63) is 151 Å². The van der Waals surface area contributed by atoms with Gasteiger partial charge in [-0.25, -0.2) is 13.4 Å². The molecular formula is C46H43FN10O3. The van der Waals surface area contributed by atoms with Crippen LogP contribution in [-0.4, -0.2) is 61.2 Å². The molecule has 1 aliphatic carbocycles. The number of nitrogens with zero attached hydrogens (tertiary/aromatic N) is 6. The predicted molar refractivity (Wildman–Crippen MR) is 231 cm³/mol.